The number of hydrogen-bond acceptors (Lipinski definition) is 4. The molecule has 1 aromatic heterocycles. The van der Waals surface area contributed by atoms with Gasteiger partial charge in [0.1, 0.15) is 5.82 Å². The van der Waals surface area contributed by atoms with E-state index < -0.39 is 12.2 Å². The largest absolute Gasteiger partial charge is 0.465 e. The fourth-order valence-corrected chi connectivity index (χ4v) is 5.86. The molecule has 37 heavy (non-hydrogen) atoms. The molecule has 1 saturated carbocycles. The molecular weight excluding hydrogens is 468 g/mol. The Hall–Kier alpha value is -3.65. The molecule has 2 heterocycles. The zero-order valence-electron chi connectivity index (χ0n) is 21.2. The van der Waals surface area contributed by atoms with Crippen LogP contribution < -0.4 is 0 Å². The third kappa shape index (κ3) is 5.11. The number of carbonyl (C=O) groups is 2. The van der Waals surface area contributed by atoms with Crippen molar-refractivity contribution in [3.8, 4) is 11.3 Å². The van der Waals surface area contributed by atoms with Crippen LogP contribution in [0, 0.1) is 6.92 Å². The van der Waals surface area contributed by atoms with Crippen LogP contribution in [0.25, 0.3) is 11.3 Å². The third-order valence-corrected chi connectivity index (χ3v) is 7.69. The summed E-state index contributed by atoms with van der Waals surface area (Å²) >= 11 is 0. The lowest BCUT2D eigenvalue weighted by Crippen LogP contribution is -2.57. The van der Waals surface area contributed by atoms with E-state index >= 15 is 0 Å². The van der Waals surface area contributed by atoms with Crippen LogP contribution in [-0.4, -0.2) is 73.3 Å². The Morgan fingerprint density at radius 3 is 2.32 bits per heavy atom. The van der Waals surface area contributed by atoms with Crippen LogP contribution >= 0.6 is 0 Å². The number of nitrogens with zero attached hydrogens (tertiary/aromatic N) is 4. The number of aliphatic hydroxyl groups excluding tert-OH is 1. The number of benzene rings is 2. The van der Waals surface area contributed by atoms with Crippen molar-refractivity contribution < 1.29 is 19.8 Å². The molecule has 194 valence electrons. The predicted molar refractivity (Wildman–Crippen MR) is 140 cm³/mol. The minimum Gasteiger partial charge on any atom is -0.465 e. The molecular formula is C29H34N4O4. The molecule has 0 spiro atoms. The second-order valence-corrected chi connectivity index (χ2v) is 10.1. The molecule has 2 fully saturated rings. The quantitative estimate of drug-likeness (QED) is 0.540. The lowest BCUT2D eigenvalue weighted by Gasteiger charge is -2.40. The fourth-order valence-electron chi connectivity index (χ4n) is 5.86. The van der Waals surface area contributed by atoms with Crippen LogP contribution in [0.2, 0.25) is 0 Å². The first-order chi connectivity index (χ1) is 17.9. The molecule has 1 aliphatic heterocycles. The monoisotopic (exact) mass is 502 g/mol. The van der Waals surface area contributed by atoms with Crippen molar-refractivity contribution in [1.29, 1.82) is 0 Å². The minimum absolute atomic E-state index is 0.137. The summed E-state index contributed by atoms with van der Waals surface area (Å²) in [5.41, 5.74) is 3.03. The lowest BCUT2D eigenvalue weighted by molar-refractivity contribution is 0.0446. The first-order valence-corrected chi connectivity index (χ1v) is 13.1. The topological polar surface area (TPSA) is 98.9 Å². The number of aromatic nitrogens is 2. The summed E-state index contributed by atoms with van der Waals surface area (Å²) in [6.07, 6.45) is 2.67. The number of hydrogen-bond donors (Lipinski definition) is 2. The van der Waals surface area contributed by atoms with Gasteiger partial charge < -0.3 is 24.6 Å². The van der Waals surface area contributed by atoms with Crippen molar-refractivity contribution in [2.24, 2.45) is 0 Å². The van der Waals surface area contributed by atoms with Gasteiger partial charge in [-0.25, -0.2) is 9.78 Å². The second kappa shape index (κ2) is 10.8. The molecule has 5 rings (SSSR count). The Morgan fingerprint density at radius 1 is 0.973 bits per heavy atom. The van der Waals surface area contributed by atoms with E-state index in [-0.39, 0.29) is 31.1 Å². The van der Waals surface area contributed by atoms with E-state index in [9.17, 15) is 19.8 Å². The van der Waals surface area contributed by atoms with Gasteiger partial charge in [0.05, 0.1) is 23.9 Å². The van der Waals surface area contributed by atoms with Crippen LogP contribution in [-0.2, 0) is 6.42 Å². The Labute approximate surface area is 217 Å². The number of aryl methyl sites for hydroxylation is 1. The first-order valence-electron chi connectivity index (χ1n) is 13.1. The fraction of sp³-hybridized carbons (Fsp3) is 0.414. The molecule has 0 bridgehead atoms. The van der Waals surface area contributed by atoms with E-state index in [2.05, 4.69) is 4.57 Å². The minimum atomic E-state index is -0.971. The van der Waals surface area contributed by atoms with Crippen LogP contribution in [0.15, 0.2) is 60.7 Å². The summed E-state index contributed by atoms with van der Waals surface area (Å²) in [6, 6.07) is 19.2. The van der Waals surface area contributed by atoms with Gasteiger partial charge in [-0.1, -0.05) is 73.5 Å². The van der Waals surface area contributed by atoms with Gasteiger partial charge in [-0.15, -0.1) is 0 Å². The van der Waals surface area contributed by atoms with Gasteiger partial charge in [0, 0.05) is 25.2 Å². The van der Waals surface area contributed by atoms with Crippen molar-refractivity contribution in [3.63, 3.8) is 0 Å². The smallest absolute Gasteiger partial charge is 0.407 e. The van der Waals surface area contributed by atoms with E-state index in [0.717, 1.165) is 42.5 Å². The van der Waals surface area contributed by atoms with Crippen LogP contribution in [0.4, 0.5) is 4.79 Å². The van der Waals surface area contributed by atoms with Gasteiger partial charge in [-0.05, 0) is 31.7 Å². The van der Waals surface area contributed by atoms with Crippen LogP contribution in [0.1, 0.15) is 53.6 Å². The maximum absolute atomic E-state index is 14.2. The highest BCUT2D eigenvalue weighted by molar-refractivity contribution is 5.99. The summed E-state index contributed by atoms with van der Waals surface area (Å²) in [6.45, 7) is 2.70. The van der Waals surface area contributed by atoms with E-state index in [0.29, 0.717) is 24.5 Å². The molecule has 8 heteroatoms. The molecule has 1 saturated heterocycles. The number of carboxylic acid groups (broad SMARTS) is 1. The number of carbonyl (C=O) groups excluding carboxylic acids is 1. The number of aliphatic hydroxyl groups is 1. The SMILES string of the molecule is Cc1nc(C(=O)N2CCN(C(=O)O)C[C@H]2Cc2ccccc2)c(-c2ccccc2)n1[C@H]1CCCC[C@@H]1O. The van der Waals surface area contributed by atoms with Crippen molar-refractivity contribution in [1.82, 2.24) is 19.4 Å². The summed E-state index contributed by atoms with van der Waals surface area (Å²) < 4.78 is 2.06. The first kappa shape index (κ1) is 25.0. The summed E-state index contributed by atoms with van der Waals surface area (Å²) in [7, 11) is 0. The van der Waals surface area contributed by atoms with Crippen molar-refractivity contribution in [3.05, 3.63) is 77.7 Å². The Bertz CT molecular complexity index is 1240. The molecule has 2 amide bonds. The summed E-state index contributed by atoms with van der Waals surface area (Å²) in [5.74, 6) is 0.508. The average Bonchev–Trinajstić information content (AvgIpc) is 3.26. The van der Waals surface area contributed by atoms with Gasteiger partial charge in [0.15, 0.2) is 5.69 Å². The van der Waals surface area contributed by atoms with Crippen molar-refractivity contribution >= 4 is 12.0 Å². The van der Waals surface area contributed by atoms with Crippen LogP contribution in [0.5, 0.6) is 0 Å². The van der Waals surface area contributed by atoms with E-state index in [4.69, 9.17) is 4.98 Å². The predicted octanol–water partition coefficient (Wildman–Crippen LogP) is 4.38. The molecule has 1 aliphatic carbocycles. The Kier molecular flexibility index (Phi) is 7.28. The normalized spacial score (nSPS) is 22.2. The molecule has 3 aromatic rings. The Balaban J connectivity index is 1.55. The third-order valence-electron chi connectivity index (χ3n) is 7.69. The maximum Gasteiger partial charge on any atom is 0.407 e. The standard InChI is InChI=1S/C29H34N4O4/c1-20-30-26(27(22-12-6-3-7-13-22)33(20)24-14-8-9-15-25(24)34)28(35)32-17-16-31(29(36)37)19-23(32)18-21-10-4-2-5-11-21/h2-7,10-13,23-25,34H,8-9,14-19H2,1H3,(H,36,37)/t23-,24+,25+/m1/s1. The van der Waals surface area contributed by atoms with E-state index in [1.807, 2.05) is 67.6 Å². The Morgan fingerprint density at radius 2 is 1.65 bits per heavy atom. The van der Waals surface area contributed by atoms with Gasteiger partial charge in [-0.3, -0.25) is 4.79 Å². The van der Waals surface area contributed by atoms with Gasteiger partial charge in [-0.2, -0.15) is 0 Å². The highest BCUT2D eigenvalue weighted by Crippen LogP contribution is 2.36. The van der Waals surface area contributed by atoms with Gasteiger partial charge >= 0.3 is 6.09 Å². The second-order valence-electron chi connectivity index (χ2n) is 10.1. The lowest BCUT2D eigenvalue weighted by atomic mass is 9.91. The molecule has 2 aromatic carbocycles. The zero-order valence-corrected chi connectivity index (χ0v) is 21.2. The summed E-state index contributed by atoms with van der Waals surface area (Å²) in [5, 5.41) is 20.5. The van der Waals surface area contributed by atoms with Gasteiger partial charge in [0.2, 0.25) is 0 Å². The van der Waals surface area contributed by atoms with E-state index in [1.54, 1.807) is 4.90 Å². The summed E-state index contributed by atoms with van der Waals surface area (Å²) in [4.78, 5) is 34.0. The number of rotatable bonds is 5. The highest BCUT2D eigenvalue weighted by atomic mass is 16.4. The molecule has 2 N–H and O–H groups in total. The van der Waals surface area contributed by atoms with Crippen molar-refractivity contribution in [2.45, 2.75) is 57.2 Å². The molecule has 3 atom stereocenters. The zero-order chi connectivity index (χ0) is 25.9. The number of amides is 2. The molecule has 8 nitrogen and oxygen atoms in total. The van der Waals surface area contributed by atoms with E-state index in [1.165, 1.54) is 4.90 Å². The molecule has 0 unspecified atom stereocenters. The molecule has 0 radical (unpaired) electrons. The number of imidazole rings is 1. The molecule has 2 aliphatic rings. The van der Waals surface area contributed by atoms with Crippen molar-refractivity contribution in [2.75, 3.05) is 19.6 Å². The highest BCUT2D eigenvalue weighted by Gasteiger charge is 2.37. The maximum atomic E-state index is 14.2. The average molecular weight is 503 g/mol. The van der Waals surface area contributed by atoms with Crippen LogP contribution in [0.3, 0.4) is 0 Å². The van der Waals surface area contributed by atoms with Gasteiger partial charge in [0.25, 0.3) is 5.91 Å². The number of piperazine rings is 1.